The van der Waals surface area contributed by atoms with Crippen molar-refractivity contribution in [3.63, 3.8) is 0 Å². The average Bonchev–Trinajstić information content (AvgIpc) is 2.28. The molecule has 0 amide bonds. The smallest absolute Gasteiger partial charge is 0.222 e. The number of nitrogens with two attached hydrogens (primary N) is 1. The molecule has 0 atom stereocenters. The van der Waals surface area contributed by atoms with Gasteiger partial charge >= 0.3 is 0 Å². The Morgan fingerprint density at radius 2 is 2.06 bits per heavy atom. The summed E-state index contributed by atoms with van der Waals surface area (Å²) in [5.74, 6) is 1.70. The molecule has 6 heteroatoms. The fourth-order valence-corrected chi connectivity index (χ4v) is 1.24. The van der Waals surface area contributed by atoms with E-state index in [4.69, 9.17) is 5.73 Å². The second-order valence-corrected chi connectivity index (χ2v) is 3.86. The van der Waals surface area contributed by atoms with Gasteiger partial charge in [0.15, 0.2) is 11.5 Å². The highest BCUT2D eigenvalue weighted by molar-refractivity contribution is 5.83. The largest absolute Gasteiger partial charge is 0.368 e. The molecule has 2 aromatic rings. The molecular formula is C11H14N6. The molecule has 0 aliphatic rings. The zero-order valence-corrected chi connectivity index (χ0v) is 10.0. The maximum absolute atomic E-state index is 5.52. The molecule has 0 fully saturated rings. The number of aliphatic imine (C=N–C) groups is 1. The Morgan fingerprint density at radius 1 is 1.29 bits per heavy atom. The summed E-state index contributed by atoms with van der Waals surface area (Å²) in [5.41, 5.74) is 6.08. The number of hydrogen-bond acceptors (Lipinski definition) is 5. The quantitative estimate of drug-likeness (QED) is 0.588. The van der Waals surface area contributed by atoms with E-state index >= 15 is 0 Å². The lowest BCUT2D eigenvalue weighted by atomic mass is 10.3. The normalized spacial score (nSPS) is 11.8. The lowest BCUT2D eigenvalue weighted by Gasteiger charge is -2.10. The number of fused-ring (bicyclic) bond motifs is 1. The highest BCUT2D eigenvalue weighted by Crippen LogP contribution is 2.15. The molecule has 0 spiro atoms. The van der Waals surface area contributed by atoms with E-state index in [-0.39, 0.29) is 5.95 Å². The lowest BCUT2D eigenvalue weighted by Crippen LogP contribution is -2.17. The fourth-order valence-electron chi connectivity index (χ4n) is 1.24. The van der Waals surface area contributed by atoms with Crippen LogP contribution < -0.4 is 5.73 Å². The van der Waals surface area contributed by atoms with Crippen LogP contribution in [0.1, 0.15) is 6.92 Å². The Kier molecular flexibility index (Phi) is 2.86. The number of pyridine rings is 1. The van der Waals surface area contributed by atoms with Gasteiger partial charge in [-0.25, -0.2) is 15.0 Å². The summed E-state index contributed by atoms with van der Waals surface area (Å²) in [6.45, 7) is 1.92. The number of nitrogens with zero attached hydrogens (tertiary/aromatic N) is 5. The zero-order valence-electron chi connectivity index (χ0n) is 10.0. The Labute approximate surface area is 99.2 Å². The van der Waals surface area contributed by atoms with Gasteiger partial charge in [-0.15, -0.1) is 0 Å². The molecule has 6 nitrogen and oxygen atoms in total. The SMILES string of the molecule is CC(=Nc1ccc2cnc(N)nc2n1)N(C)C. The first-order valence-electron chi connectivity index (χ1n) is 5.18. The predicted octanol–water partition coefficient (Wildman–Crippen LogP) is 1.22. The molecule has 2 aromatic heterocycles. The van der Waals surface area contributed by atoms with Crippen molar-refractivity contribution in [2.75, 3.05) is 19.8 Å². The Morgan fingerprint density at radius 3 is 2.76 bits per heavy atom. The topological polar surface area (TPSA) is 80.3 Å². The molecule has 0 saturated carbocycles. The van der Waals surface area contributed by atoms with Crippen molar-refractivity contribution in [2.24, 2.45) is 4.99 Å². The van der Waals surface area contributed by atoms with Gasteiger partial charge in [0.2, 0.25) is 5.95 Å². The van der Waals surface area contributed by atoms with Crippen molar-refractivity contribution in [3.05, 3.63) is 18.3 Å². The Balaban J connectivity index is 2.47. The van der Waals surface area contributed by atoms with E-state index in [9.17, 15) is 0 Å². The number of anilines is 1. The van der Waals surface area contributed by atoms with Gasteiger partial charge in [-0.3, -0.25) is 0 Å². The number of rotatable bonds is 1. The first-order valence-corrected chi connectivity index (χ1v) is 5.18. The van der Waals surface area contributed by atoms with E-state index in [1.165, 1.54) is 0 Å². The van der Waals surface area contributed by atoms with E-state index in [2.05, 4.69) is 19.9 Å². The van der Waals surface area contributed by atoms with Gasteiger partial charge in [0.05, 0.1) is 0 Å². The molecule has 0 bridgehead atoms. The minimum Gasteiger partial charge on any atom is -0.368 e. The van der Waals surface area contributed by atoms with Crippen LogP contribution in [0.5, 0.6) is 0 Å². The predicted molar refractivity (Wildman–Crippen MR) is 68.2 cm³/mol. The molecule has 0 saturated heterocycles. The van der Waals surface area contributed by atoms with Crippen LogP contribution in [0, 0.1) is 0 Å². The molecule has 0 aromatic carbocycles. The molecule has 0 unspecified atom stereocenters. The van der Waals surface area contributed by atoms with Crippen molar-refractivity contribution >= 4 is 28.6 Å². The third-order valence-corrected chi connectivity index (χ3v) is 2.37. The van der Waals surface area contributed by atoms with E-state index in [0.29, 0.717) is 11.5 Å². The van der Waals surface area contributed by atoms with Crippen molar-refractivity contribution in [2.45, 2.75) is 6.92 Å². The number of aromatic nitrogens is 3. The van der Waals surface area contributed by atoms with E-state index < -0.39 is 0 Å². The van der Waals surface area contributed by atoms with E-state index in [1.807, 2.05) is 38.1 Å². The second-order valence-electron chi connectivity index (χ2n) is 3.86. The zero-order chi connectivity index (χ0) is 12.4. The van der Waals surface area contributed by atoms with Crippen LogP contribution in [-0.4, -0.2) is 39.8 Å². The number of amidine groups is 1. The molecule has 2 N–H and O–H groups in total. The van der Waals surface area contributed by atoms with Gasteiger partial charge in [0, 0.05) is 25.7 Å². The van der Waals surface area contributed by atoms with Crippen LogP contribution in [0.15, 0.2) is 23.3 Å². The number of nitrogen functional groups attached to an aromatic ring is 1. The van der Waals surface area contributed by atoms with Gasteiger partial charge < -0.3 is 10.6 Å². The minimum absolute atomic E-state index is 0.218. The van der Waals surface area contributed by atoms with Crippen molar-refractivity contribution in [1.82, 2.24) is 19.9 Å². The Bertz CT molecular complexity index is 575. The second kappa shape index (κ2) is 4.32. The molecular weight excluding hydrogens is 216 g/mol. The minimum atomic E-state index is 0.218. The first-order chi connectivity index (χ1) is 8.06. The van der Waals surface area contributed by atoms with Crippen LogP contribution in [-0.2, 0) is 0 Å². The third-order valence-electron chi connectivity index (χ3n) is 2.37. The summed E-state index contributed by atoms with van der Waals surface area (Å²) in [6, 6.07) is 3.71. The summed E-state index contributed by atoms with van der Waals surface area (Å²) in [5, 5.41) is 0.848. The first kappa shape index (κ1) is 11.3. The molecule has 88 valence electrons. The van der Waals surface area contributed by atoms with Crippen molar-refractivity contribution in [3.8, 4) is 0 Å². The van der Waals surface area contributed by atoms with Gasteiger partial charge in [-0.2, -0.15) is 4.98 Å². The third kappa shape index (κ3) is 2.47. The van der Waals surface area contributed by atoms with Crippen LogP contribution in [0.25, 0.3) is 11.0 Å². The summed E-state index contributed by atoms with van der Waals surface area (Å²) < 4.78 is 0. The maximum atomic E-state index is 5.52. The van der Waals surface area contributed by atoms with Gasteiger partial charge in [0.1, 0.15) is 5.84 Å². The summed E-state index contributed by atoms with van der Waals surface area (Å²) in [6.07, 6.45) is 1.65. The van der Waals surface area contributed by atoms with Crippen LogP contribution >= 0.6 is 0 Å². The molecule has 0 aliphatic heterocycles. The van der Waals surface area contributed by atoms with Crippen molar-refractivity contribution in [1.29, 1.82) is 0 Å². The molecule has 0 radical (unpaired) electrons. The van der Waals surface area contributed by atoms with Gasteiger partial charge in [-0.05, 0) is 19.1 Å². The molecule has 2 rings (SSSR count). The fraction of sp³-hybridized carbons (Fsp3) is 0.273. The average molecular weight is 230 g/mol. The Hall–Kier alpha value is -2.24. The highest BCUT2D eigenvalue weighted by Gasteiger charge is 2.01. The molecule has 17 heavy (non-hydrogen) atoms. The van der Waals surface area contributed by atoms with Crippen LogP contribution in [0.2, 0.25) is 0 Å². The van der Waals surface area contributed by atoms with Gasteiger partial charge in [0.25, 0.3) is 0 Å². The lowest BCUT2D eigenvalue weighted by molar-refractivity contribution is 0.618. The standard InChI is InChI=1S/C11H14N6/c1-7(17(2)3)14-9-5-4-8-6-13-11(12)16-10(8)15-9/h4-6H,1-3H3,(H2,12,13,15,16). The molecule has 0 aliphatic carbocycles. The van der Waals surface area contributed by atoms with Gasteiger partial charge in [-0.1, -0.05) is 0 Å². The number of hydrogen-bond donors (Lipinski definition) is 1. The van der Waals surface area contributed by atoms with E-state index in [0.717, 1.165) is 11.2 Å². The highest BCUT2D eigenvalue weighted by atomic mass is 15.1. The van der Waals surface area contributed by atoms with Crippen LogP contribution in [0.4, 0.5) is 11.8 Å². The summed E-state index contributed by atoms with van der Waals surface area (Å²) in [7, 11) is 3.86. The monoisotopic (exact) mass is 230 g/mol. The maximum Gasteiger partial charge on any atom is 0.222 e. The van der Waals surface area contributed by atoms with Crippen LogP contribution in [0.3, 0.4) is 0 Å². The molecule has 2 heterocycles. The van der Waals surface area contributed by atoms with E-state index in [1.54, 1.807) is 6.20 Å². The summed E-state index contributed by atoms with van der Waals surface area (Å²) in [4.78, 5) is 18.6. The summed E-state index contributed by atoms with van der Waals surface area (Å²) >= 11 is 0. The van der Waals surface area contributed by atoms with Crippen molar-refractivity contribution < 1.29 is 0 Å².